The third kappa shape index (κ3) is 36.0. The minimum atomic E-state index is -1.79. The molecule has 0 radical (unpaired) electrons. The van der Waals surface area contributed by atoms with Crippen LogP contribution >= 0.6 is 0 Å². The Kier molecular flexibility index (Phi) is 47.4. The molecular weight excluding hydrogens is 1000 g/mol. The van der Waals surface area contributed by atoms with Crippen molar-refractivity contribution in [3.8, 4) is 0 Å². The SMILES string of the molecule is CCCCCCCCC/C=C\CCCCCCCCCC(=O)NC(COC1OC(CO)C(OC2OC(CO)C(O)C(O)C2O)C(O)C1O)C(O)/C=C/CCCCCCCCCCCCCCCCCCCCCCCCCCC. The molecule has 9 N–H and O–H groups in total. The molecule has 1 amide bonds. The van der Waals surface area contributed by atoms with Crippen molar-refractivity contribution >= 4 is 5.91 Å². The van der Waals surface area contributed by atoms with Crippen LogP contribution in [-0.4, -0.2) is 140 Å². The highest BCUT2D eigenvalue weighted by Crippen LogP contribution is 2.30. The molecule has 2 heterocycles. The molecule has 0 aromatic carbocycles. The number of carbonyl (C=O) groups is 1. The van der Waals surface area contributed by atoms with Crippen LogP contribution in [0.1, 0.15) is 290 Å². The van der Waals surface area contributed by atoms with E-state index >= 15 is 0 Å². The van der Waals surface area contributed by atoms with Crippen molar-refractivity contribution in [2.24, 2.45) is 0 Å². The number of ether oxygens (including phenoxy) is 4. The van der Waals surface area contributed by atoms with Gasteiger partial charge < -0.3 is 65.1 Å². The van der Waals surface area contributed by atoms with Crippen LogP contribution in [0.2, 0.25) is 0 Å². The first-order valence-corrected chi connectivity index (χ1v) is 33.1. The fourth-order valence-corrected chi connectivity index (χ4v) is 11.1. The second-order valence-corrected chi connectivity index (χ2v) is 23.6. The van der Waals surface area contributed by atoms with Crippen LogP contribution in [-0.2, 0) is 23.7 Å². The minimum Gasteiger partial charge on any atom is -0.394 e. The molecule has 2 rings (SSSR count). The fourth-order valence-electron chi connectivity index (χ4n) is 11.1. The van der Waals surface area contributed by atoms with E-state index in [1.807, 2.05) is 6.08 Å². The second-order valence-electron chi connectivity index (χ2n) is 23.6. The molecule has 0 spiro atoms. The van der Waals surface area contributed by atoms with Gasteiger partial charge in [0, 0.05) is 6.42 Å². The molecule has 14 nitrogen and oxygen atoms in total. The average Bonchev–Trinajstić information content (AvgIpc) is 3.46. The van der Waals surface area contributed by atoms with Crippen LogP contribution < -0.4 is 5.32 Å². The molecule has 2 aliphatic rings. The maximum atomic E-state index is 13.3. The fraction of sp³-hybridized carbons (Fsp3) is 0.923. The number of aliphatic hydroxyl groups excluding tert-OH is 8. The van der Waals surface area contributed by atoms with E-state index in [0.29, 0.717) is 6.42 Å². The summed E-state index contributed by atoms with van der Waals surface area (Å²) in [6, 6.07) is -0.916. The molecule has 14 heteroatoms. The van der Waals surface area contributed by atoms with Gasteiger partial charge in [-0.2, -0.15) is 0 Å². The predicted octanol–water partition coefficient (Wildman–Crippen LogP) is 12.4. The van der Waals surface area contributed by atoms with Gasteiger partial charge in [0.1, 0.15) is 48.8 Å². The molecule has 0 aromatic rings. The van der Waals surface area contributed by atoms with Crippen LogP contribution in [0.5, 0.6) is 0 Å². The summed E-state index contributed by atoms with van der Waals surface area (Å²) in [7, 11) is 0. The molecule has 0 aliphatic carbocycles. The van der Waals surface area contributed by atoms with Gasteiger partial charge in [-0.05, 0) is 44.9 Å². The number of hydrogen-bond donors (Lipinski definition) is 9. The van der Waals surface area contributed by atoms with E-state index in [4.69, 9.17) is 18.9 Å². The molecule has 0 bridgehead atoms. The van der Waals surface area contributed by atoms with Gasteiger partial charge in [-0.3, -0.25) is 4.79 Å². The monoisotopic (exact) mass is 1130 g/mol. The number of unbranched alkanes of at least 4 members (excludes halogenated alkanes) is 39. The van der Waals surface area contributed by atoms with Crippen LogP contribution in [0.3, 0.4) is 0 Å². The molecule has 2 saturated heterocycles. The predicted molar refractivity (Wildman–Crippen MR) is 318 cm³/mol. The first kappa shape index (κ1) is 73.6. The van der Waals surface area contributed by atoms with Crippen molar-refractivity contribution in [3.05, 3.63) is 24.3 Å². The first-order chi connectivity index (χ1) is 38.6. The highest BCUT2D eigenvalue weighted by Gasteiger charge is 2.51. The number of rotatable bonds is 54. The average molecular weight is 1130 g/mol. The summed E-state index contributed by atoms with van der Waals surface area (Å²) in [5.41, 5.74) is 0. The van der Waals surface area contributed by atoms with E-state index < -0.39 is 86.8 Å². The van der Waals surface area contributed by atoms with Crippen molar-refractivity contribution in [1.82, 2.24) is 5.32 Å². The topological polar surface area (TPSA) is 228 Å². The van der Waals surface area contributed by atoms with Gasteiger partial charge in [0.25, 0.3) is 0 Å². The molecular formula is C65H123NO13. The Hall–Kier alpha value is -1.53. The smallest absolute Gasteiger partial charge is 0.220 e. The maximum Gasteiger partial charge on any atom is 0.220 e. The second kappa shape index (κ2) is 50.9. The summed E-state index contributed by atoms with van der Waals surface area (Å²) in [5, 5.41) is 87.3. The Morgan fingerprint density at radius 2 is 0.797 bits per heavy atom. The van der Waals surface area contributed by atoms with Crippen molar-refractivity contribution < 1.29 is 64.6 Å². The zero-order valence-corrected chi connectivity index (χ0v) is 50.4. The van der Waals surface area contributed by atoms with E-state index in [2.05, 4.69) is 31.3 Å². The Morgan fingerprint density at radius 3 is 1.20 bits per heavy atom. The summed E-state index contributed by atoms with van der Waals surface area (Å²) >= 11 is 0. The molecule has 0 aromatic heterocycles. The maximum absolute atomic E-state index is 13.3. The van der Waals surface area contributed by atoms with Crippen LogP contribution in [0.4, 0.5) is 0 Å². The summed E-state index contributed by atoms with van der Waals surface area (Å²) < 4.78 is 22.8. The lowest BCUT2D eigenvalue weighted by Gasteiger charge is -2.46. The first-order valence-electron chi connectivity index (χ1n) is 33.1. The summed E-state index contributed by atoms with van der Waals surface area (Å²) in [5.74, 6) is -0.240. The summed E-state index contributed by atoms with van der Waals surface area (Å²) in [6.07, 6.45) is 45.1. The van der Waals surface area contributed by atoms with E-state index in [1.165, 1.54) is 218 Å². The van der Waals surface area contributed by atoms with Gasteiger partial charge in [0.15, 0.2) is 12.6 Å². The van der Waals surface area contributed by atoms with E-state index in [1.54, 1.807) is 6.08 Å². The van der Waals surface area contributed by atoms with E-state index in [-0.39, 0.29) is 18.9 Å². The van der Waals surface area contributed by atoms with Crippen LogP contribution in [0, 0.1) is 0 Å². The number of hydrogen-bond acceptors (Lipinski definition) is 13. The molecule has 12 atom stereocenters. The molecule has 2 fully saturated rings. The Balaban J connectivity index is 1.71. The van der Waals surface area contributed by atoms with Gasteiger partial charge >= 0.3 is 0 Å². The number of allylic oxidation sites excluding steroid dienone is 3. The van der Waals surface area contributed by atoms with Gasteiger partial charge in [-0.15, -0.1) is 0 Å². The number of nitrogens with one attached hydrogen (secondary N) is 1. The van der Waals surface area contributed by atoms with Crippen molar-refractivity contribution in [2.75, 3.05) is 19.8 Å². The molecule has 79 heavy (non-hydrogen) atoms. The molecule has 0 saturated carbocycles. The Labute approximate surface area is 481 Å². The molecule has 466 valence electrons. The van der Waals surface area contributed by atoms with E-state index in [0.717, 1.165) is 44.9 Å². The largest absolute Gasteiger partial charge is 0.394 e. The molecule has 12 unspecified atom stereocenters. The van der Waals surface area contributed by atoms with Crippen molar-refractivity contribution in [1.29, 1.82) is 0 Å². The van der Waals surface area contributed by atoms with Gasteiger partial charge in [0.05, 0.1) is 32.0 Å². The van der Waals surface area contributed by atoms with Gasteiger partial charge in [-0.25, -0.2) is 0 Å². The zero-order chi connectivity index (χ0) is 57.4. The standard InChI is InChI=1S/C65H123NO13/c1-3-5-7-9-11-13-15-17-19-21-23-24-25-26-27-28-29-30-31-32-34-36-38-40-42-44-46-48-54(69)53(66-57(70)49-47-45-43-41-39-37-35-33-22-20-18-16-14-12-10-8-6-4-2)52-76-64-62(75)60(73)63(56(51-68)78-64)79-65-61(74)59(72)58(71)55(50-67)77-65/h20,22,46,48,53-56,58-65,67-69,71-75H,3-19,21,23-45,47,49-52H2,1-2H3,(H,66,70)/b22-20-,48-46+. The van der Waals surface area contributed by atoms with E-state index in [9.17, 15) is 45.6 Å². The minimum absolute atomic E-state index is 0.240. The number of carbonyl (C=O) groups excluding carboxylic acids is 1. The van der Waals surface area contributed by atoms with Crippen LogP contribution in [0.25, 0.3) is 0 Å². The molecule has 2 aliphatic heterocycles. The van der Waals surface area contributed by atoms with Crippen molar-refractivity contribution in [3.63, 3.8) is 0 Å². The van der Waals surface area contributed by atoms with Gasteiger partial charge in [0.2, 0.25) is 5.91 Å². The highest BCUT2D eigenvalue weighted by atomic mass is 16.7. The number of amides is 1. The Bertz CT molecular complexity index is 1420. The number of aliphatic hydroxyl groups is 8. The Morgan fingerprint density at radius 1 is 0.443 bits per heavy atom. The highest BCUT2D eigenvalue weighted by molar-refractivity contribution is 5.76. The zero-order valence-electron chi connectivity index (χ0n) is 50.4. The quantitative estimate of drug-likeness (QED) is 0.0204. The normalized spacial score (nSPS) is 24.5. The summed E-state index contributed by atoms with van der Waals surface area (Å²) in [4.78, 5) is 13.3. The lowest BCUT2D eigenvalue weighted by molar-refractivity contribution is -0.359. The van der Waals surface area contributed by atoms with Crippen LogP contribution in [0.15, 0.2) is 24.3 Å². The van der Waals surface area contributed by atoms with Crippen molar-refractivity contribution in [2.45, 2.75) is 364 Å². The third-order valence-corrected chi connectivity index (χ3v) is 16.4. The summed E-state index contributed by atoms with van der Waals surface area (Å²) in [6.45, 7) is 2.83. The third-order valence-electron chi connectivity index (χ3n) is 16.4. The van der Waals surface area contributed by atoms with Gasteiger partial charge in [-0.1, -0.05) is 263 Å². The lowest BCUT2D eigenvalue weighted by atomic mass is 9.97. The lowest BCUT2D eigenvalue weighted by Crippen LogP contribution is -2.65.